The molecule has 0 fully saturated rings. The summed E-state index contributed by atoms with van der Waals surface area (Å²) in [6.07, 6.45) is 5.29. The van der Waals surface area contributed by atoms with Gasteiger partial charge in [-0.05, 0) is 67.2 Å². The van der Waals surface area contributed by atoms with Crippen LogP contribution in [-0.2, 0) is 24.5 Å². The summed E-state index contributed by atoms with van der Waals surface area (Å²) >= 11 is 0. The second kappa shape index (κ2) is 10.8. The van der Waals surface area contributed by atoms with Gasteiger partial charge in [-0.15, -0.1) is 0 Å². The monoisotopic (exact) mass is 520 g/mol. The molecule has 0 aromatic heterocycles. The summed E-state index contributed by atoms with van der Waals surface area (Å²) in [5, 5.41) is 0. The van der Waals surface area contributed by atoms with Crippen molar-refractivity contribution in [3.05, 3.63) is 120 Å². The number of sulfone groups is 2. The van der Waals surface area contributed by atoms with Gasteiger partial charge in [0.05, 0.1) is 9.79 Å². The van der Waals surface area contributed by atoms with E-state index in [4.69, 9.17) is 0 Å². The topological polar surface area (TPSA) is 85.3 Å². The van der Waals surface area contributed by atoms with Gasteiger partial charge in [-0.2, -0.15) is 0 Å². The zero-order valence-corrected chi connectivity index (χ0v) is 21.5. The zero-order chi connectivity index (χ0) is 25.8. The lowest BCUT2D eigenvalue weighted by Crippen LogP contribution is -2.40. The van der Waals surface area contributed by atoms with Crippen LogP contribution in [0.2, 0.25) is 0 Å². The summed E-state index contributed by atoms with van der Waals surface area (Å²) in [7, 11) is -8.76. The highest BCUT2D eigenvalue weighted by atomic mass is 32.3. The molecule has 4 rings (SSSR count). The normalized spacial score (nSPS) is 18.6. The van der Waals surface area contributed by atoms with Gasteiger partial charge in [0.15, 0.2) is 24.3 Å². The first-order valence-corrected chi connectivity index (χ1v) is 14.8. The van der Waals surface area contributed by atoms with Crippen molar-refractivity contribution in [3.8, 4) is 0 Å². The summed E-state index contributed by atoms with van der Waals surface area (Å²) in [5.74, 6) is -1.44. The van der Waals surface area contributed by atoms with E-state index in [-0.39, 0.29) is 9.79 Å². The lowest BCUT2D eigenvalue weighted by Gasteiger charge is -2.37. The Balaban J connectivity index is 2.05. The largest absolute Gasteiger partial charge is 0.299 e. The molecule has 3 aromatic rings. The molecule has 0 saturated carbocycles. The van der Waals surface area contributed by atoms with Crippen LogP contribution >= 0.6 is 0 Å². The number of carbonyl (C=O) groups is 1. The Morgan fingerprint density at radius 3 is 1.69 bits per heavy atom. The van der Waals surface area contributed by atoms with Crippen LogP contribution in [0.5, 0.6) is 0 Å². The quantitative estimate of drug-likeness (QED) is 0.288. The maximum Gasteiger partial charge on any atom is 0.196 e. The van der Waals surface area contributed by atoms with Crippen molar-refractivity contribution in [2.24, 2.45) is 5.92 Å². The zero-order valence-electron chi connectivity index (χ0n) is 19.9. The molecule has 36 heavy (non-hydrogen) atoms. The second-order valence-electron chi connectivity index (χ2n) is 8.85. The van der Waals surface area contributed by atoms with Crippen molar-refractivity contribution in [2.45, 2.75) is 40.1 Å². The van der Waals surface area contributed by atoms with Gasteiger partial charge < -0.3 is 0 Å². The molecular formula is C29H28O5S2. The van der Waals surface area contributed by atoms with E-state index in [0.717, 1.165) is 5.57 Å². The summed E-state index contributed by atoms with van der Waals surface area (Å²) in [5.41, 5.74) is 2.12. The standard InChI is InChI=1S/C29H28O5S2/c1-22-12-11-19-27(26(22)20-21-30)28(23-13-5-2-6-14-23)29(35(31,32)24-15-7-3-8-16-24)36(33,34)25-17-9-4-10-18-25/h2-10,12-18,20-21,27-29H,11,19H2,1H3/b26-20+/t27-,28+/m1/s1. The van der Waals surface area contributed by atoms with Gasteiger partial charge in [0.2, 0.25) is 0 Å². The third-order valence-electron chi connectivity index (χ3n) is 6.70. The van der Waals surface area contributed by atoms with Gasteiger partial charge >= 0.3 is 0 Å². The van der Waals surface area contributed by atoms with Crippen LogP contribution in [0.3, 0.4) is 0 Å². The van der Waals surface area contributed by atoms with Crippen molar-refractivity contribution < 1.29 is 21.6 Å². The highest BCUT2D eigenvalue weighted by Gasteiger charge is 2.49. The molecule has 3 aromatic carbocycles. The van der Waals surface area contributed by atoms with E-state index in [2.05, 4.69) is 0 Å². The summed E-state index contributed by atoms with van der Waals surface area (Å²) in [4.78, 5) is 11.5. The third-order valence-corrected chi connectivity index (χ3v) is 11.9. The average Bonchev–Trinajstić information content (AvgIpc) is 2.90. The van der Waals surface area contributed by atoms with Crippen LogP contribution in [0, 0.1) is 5.92 Å². The van der Waals surface area contributed by atoms with Crippen LogP contribution < -0.4 is 0 Å². The summed E-state index contributed by atoms with van der Waals surface area (Å²) < 4.78 is 55.3. The van der Waals surface area contributed by atoms with Crippen molar-refractivity contribution >= 4 is 26.0 Å². The number of hydrogen-bond acceptors (Lipinski definition) is 5. The van der Waals surface area contributed by atoms with Gasteiger partial charge in [-0.3, -0.25) is 4.79 Å². The molecule has 1 aliphatic carbocycles. The Morgan fingerprint density at radius 1 is 0.750 bits per heavy atom. The molecule has 0 unspecified atom stereocenters. The first-order valence-electron chi connectivity index (χ1n) is 11.7. The minimum atomic E-state index is -4.38. The van der Waals surface area contributed by atoms with Crippen molar-refractivity contribution in [1.82, 2.24) is 0 Å². The minimum Gasteiger partial charge on any atom is -0.299 e. The fourth-order valence-corrected chi connectivity index (χ4v) is 10.1. The molecule has 186 valence electrons. The van der Waals surface area contributed by atoms with E-state index in [1.807, 2.05) is 13.0 Å². The van der Waals surface area contributed by atoms with Gasteiger partial charge in [-0.25, -0.2) is 16.8 Å². The molecular weight excluding hydrogens is 492 g/mol. The number of aldehydes is 1. The SMILES string of the molecule is CC1=CCC[C@@H]([C@H](c2ccccc2)C(S(=O)(=O)c2ccccc2)S(=O)(=O)c2ccccc2)/C1=C/C=O. The minimum absolute atomic E-state index is 0.0561. The molecule has 0 saturated heterocycles. The van der Waals surface area contributed by atoms with Crippen molar-refractivity contribution in [2.75, 3.05) is 0 Å². The molecule has 0 heterocycles. The maximum absolute atomic E-state index is 14.3. The van der Waals surface area contributed by atoms with E-state index in [1.54, 1.807) is 66.7 Å². The molecule has 0 spiro atoms. The van der Waals surface area contributed by atoms with E-state index in [0.29, 0.717) is 30.3 Å². The Labute approximate surface area is 213 Å². The molecule has 1 aliphatic rings. The molecule has 0 radical (unpaired) electrons. The molecule has 0 N–H and O–H groups in total. The van der Waals surface area contributed by atoms with Crippen LogP contribution in [0.1, 0.15) is 31.2 Å². The number of carbonyl (C=O) groups excluding carboxylic acids is 1. The maximum atomic E-state index is 14.3. The van der Waals surface area contributed by atoms with Crippen molar-refractivity contribution in [1.29, 1.82) is 0 Å². The number of rotatable bonds is 8. The fourth-order valence-electron chi connectivity index (χ4n) is 5.04. The Morgan fingerprint density at radius 2 is 1.22 bits per heavy atom. The van der Waals surface area contributed by atoms with Crippen LogP contribution in [0.4, 0.5) is 0 Å². The third kappa shape index (κ3) is 4.99. The predicted molar refractivity (Wildman–Crippen MR) is 141 cm³/mol. The van der Waals surface area contributed by atoms with E-state index >= 15 is 0 Å². The highest BCUT2D eigenvalue weighted by molar-refractivity contribution is 8.09. The number of allylic oxidation sites excluding steroid dienone is 4. The second-order valence-corrected chi connectivity index (χ2v) is 13.3. The van der Waals surface area contributed by atoms with Gasteiger partial charge in [0, 0.05) is 5.92 Å². The first-order chi connectivity index (χ1) is 17.3. The molecule has 0 amide bonds. The van der Waals surface area contributed by atoms with Gasteiger partial charge in [-0.1, -0.05) is 78.4 Å². The van der Waals surface area contributed by atoms with Gasteiger partial charge in [0.25, 0.3) is 0 Å². The van der Waals surface area contributed by atoms with Gasteiger partial charge in [0.1, 0.15) is 6.29 Å². The van der Waals surface area contributed by atoms with Crippen molar-refractivity contribution in [3.63, 3.8) is 0 Å². The van der Waals surface area contributed by atoms with E-state index < -0.39 is 36.1 Å². The molecule has 0 bridgehead atoms. The fraction of sp³-hybridized carbons (Fsp3) is 0.207. The van der Waals surface area contributed by atoms with Crippen LogP contribution in [0.25, 0.3) is 0 Å². The Bertz CT molecular complexity index is 1410. The first kappa shape index (κ1) is 25.8. The van der Waals surface area contributed by atoms with E-state index in [1.165, 1.54) is 30.3 Å². The Kier molecular flexibility index (Phi) is 7.71. The highest BCUT2D eigenvalue weighted by Crippen LogP contribution is 2.47. The van der Waals surface area contributed by atoms with Crippen LogP contribution in [-0.4, -0.2) is 27.7 Å². The molecule has 0 aliphatic heterocycles. The van der Waals surface area contributed by atoms with Crippen LogP contribution in [0.15, 0.2) is 124 Å². The summed E-state index contributed by atoms with van der Waals surface area (Å²) in [6, 6.07) is 24.3. The summed E-state index contributed by atoms with van der Waals surface area (Å²) in [6.45, 7) is 1.87. The molecule has 5 nitrogen and oxygen atoms in total. The predicted octanol–water partition coefficient (Wildman–Crippen LogP) is 5.53. The lowest BCUT2D eigenvalue weighted by atomic mass is 9.74. The smallest absolute Gasteiger partial charge is 0.196 e. The lowest BCUT2D eigenvalue weighted by molar-refractivity contribution is -0.104. The molecule has 7 heteroatoms. The number of hydrogen-bond donors (Lipinski definition) is 0. The molecule has 2 atom stereocenters. The average molecular weight is 521 g/mol. The van der Waals surface area contributed by atoms with E-state index in [9.17, 15) is 21.6 Å². The number of benzene rings is 3. The Hall–Kier alpha value is -3.29.